The van der Waals surface area contributed by atoms with Gasteiger partial charge in [0.1, 0.15) is 17.7 Å². The Morgan fingerprint density at radius 3 is 2.42 bits per heavy atom. The molecule has 2 rings (SSSR count). The monoisotopic (exact) mass is 498 g/mol. The zero-order chi connectivity index (χ0) is 27.0. The highest BCUT2D eigenvalue weighted by atomic mass is 16.6. The molecule has 9 heteroatoms. The number of unbranched alkanes of at least 4 members (excludes halogenated alkanes) is 1. The van der Waals surface area contributed by atoms with Crippen LogP contribution in [0.4, 0.5) is 4.79 Å². The average molecular weight is 499 g/mol. The summed E-state index contributed by atoms with van der Waals surface area (Å²) in [6.07, 6.45) is 6.75. The molecule has 4 unspecified atom stereocenters. The van der Waals surface area contributed by atoms with Crippen LogP contribution in [0.5, 0.6) is 0 Å². The number of primary amides is 1. The summed E-state index contributed by atoms with van der Waals surface area (Å²) in [5.74, 6) is 0.961. The van der Waals surface area contributed by atoms with Gasteiger partial charge in [-0.3, -0.25) is 14.4 Å². The van der Waals surface area contributed by atoms with Crippen LogP contribution in [0.1, 0.15) is 77.5 Å². The average Bonchev–Trinajstić information content (AvgIpc) is 3.50. The molecule has 1 fully saturated rings. The van der Waals surface area contributed by atoms with Crippen molar-refractivity contribution in [3.05, 3.63) is 35.4 Å². The number of alkyl carbamates (subject to hydrolysis) is 1. The van der Waals surface area contributed by atoms with Crippen molar-refractivity contribution >= 4 is 23.8 Å². The third kappa shape index (κ3) is 8.01. The minimum atomic E-state index is -1.31. The molecule has 36 heavy (non-hydrogen) atoms. The summed E-state index contributed by atoms with van der Waals surface area (Å²) in [5.41, 5.74) is 5.58. The Kier molecular flexibility index (Phi) is 9.91. The van der Waals surface area contributed by atoms with Crippen LogP contribution in [0.3, 0.4) is 0 Å². The quantitative estimate of drug-likeness (QED) is 0.319. The molecule has 1 aliphatic rings. The summed E-state index contributed by atoms with van der Waals surface area (Å²) in [4.78, 5) is 53.3. The highest BCUT2D eigenvalue weighted by Gasteiger charge is 2.48. The van der Waals surface area contributed by atoms with Crippen LogP contribution < -0.4 is 16.4 Å². The summed E-state index contributed by atoms with van der Waals surface area (Å²) < 4.78 is 5.29. The molecule has 0 saturated heterocycles. The molecule has 9 nitrogen and oxygen atoms in total. The van der Waals surface area contributed by atoms with E-state index in [-0.39, 0.29) is 17.9 Å². The van der Waals surface area contributed by atoms with Gasteiger partial charge in [-0.2, -0.15) is 0 Å². The van der Waals surface area contributed by atoms with E-state index in [0.29, 0.717) is 24.1 Å². The normalized spacial score (nSPS) is 18.2. The summed E-state index contributed by atoms with van der Waals surface area (Å²) in [5, 5.41) is 5.40. The molecule has 0 spiro atoms. The summed E-state index contributed by atoms with van der Waals surface area (Å²) in [6, 6.07) is 4.30. The van der Waals surface area contributed by atoms with E-state index >= 15 is 0 Å². The molecule has 1 aliphatic carbocycles. The second-order valence-electron chi connectivity index (χ2n) is 10.2. The van der Waals surface area contributed by atoms with Crippen molar-refractivity contribution < 1.29 is 23.9 Å². The molecule has 4 atom stereocenters. The zero-order valence-electron chi connectivity index (χ0n) is 21.8. The van der Waals surface area contributed by atoms with Crippen molar-refractivity contribution in [2.75, 3.05) is 6.54 Å². The fourth-order valence-corrected chi connectivity index (χ4v) is 3.97. The molecule has 0 radical (unpaired) electrons. The molecular weight excluding hydrogens is 460 g/mol. The number of ether oxygens (including phenoxy) is 1. The van der Waals surface area contributed by atoms with E-state index in [1.807, 2.05) is 13.8 Å². The number of rotatable bonds is 11. The minimum absolute atomic E-state index is 0.119. The van der Waals surface area contributed by atoms with Gasteiger partial charge in [0.15, 0.2) is 0 Å². The predicted octanol–water partition coefficient (Wildman–Crippen LogP) is 2.63. The van der Waals surface area contributed by atoms with Crippen molar-refractivity contribution in [3.8, 4) is 12.3 Å². The number of hydrogen-bond acceptors (Lipinski definition) is 5. The van der Waals surface area contributed by atoms with Crippen LogP contribution in [0.25, 0.3) is 0 Å². The number of hydrogen-bond donors (Lipinski definition) is 3. The number of terminal acetylenes is 1. The van der Waals surface area contributed by atoms with Crippen molar-refractivity contribution in [2.24, 2.45) is 11.7 Å². The Morgan fingerprint density at radius 2 is 1.89 bits per heavy atom. The lowest BCUT2D eigenvalue weighted by atomic mass is 9.96. The predicted molar refractivity (Wildman–Crippen MR) is 136 cm³/mol. The molecule has 1 aromatic rings. The maximum absolute atomic E-state index is 14.0. The molecule has 0 aliphatic heterocycles. The van der Waals surface area contributed by atoms with Gasteiger partial charge in [-0.15, -0.1) is 6.42 Å². The van der Waals surface area contributed by atoms with Gasteiger partial charge in [0.2, 0.25) is 17.7 Å². The molecule has 4 N–H and O–H groups in total. The van der Waals surface area contributed by atoms with Crippen LogP contribution in [-0.4, -0.2) is 52.9 Å². The highest BCUT2D eigenvalue weighted by Crippen LogP contribution is 2.41. The third-order valence-electron chi connectivity index (χ3n) is 5.84. The molecular formula is C27H38N4O5. The topological polar surface area (TPSA) is 131 Å². The van der Waals surface area contributed by atoms with Gasteiger partial charge in [-0.05, 0) is 51.2 Å². The van der Waals surface area contributed by atoms with Crippen LogP contribution in [-0.2, 0) is 19.1 Å². The Bertz CT molecular complexity index is 1010. The first-order valence-corrected chi connectivity index (χ1v) is 12.3. The van der Waals surface area contributed by atoms with Gasteiger partial charge in [-0.25, -0.2) is 4.79 Å². The van der Waals surface area contributed by atoms with Crippen LogP contribution in [0, 0.1) is 18.3 Å². The molecule has 0 heterocycles. The highest BCUT2D eigenvalue weighted by molar-refractivity contribution is 5.95. The number of nitrogens with one attached hydrogen (secondary N) is 2. The smallest absolute Gasteiger partial charge is 0.408 e. The maximum Gasteiger partial charge on any atom is 0.408 e. The Morgan fingerprint density at radius 1 is 1.25 bits per heavy atom. The standard InChI is InChI=1S/C27H38N4O5/c1-7-9-14-29-24(33)23(19-13-11-10-12-18(19)8-2)31(21-15-17(21)3)25(34)20(16-22(28)32)30-26(35)36-27(4,5)6/h2,10-13,17,20-21,23H,7,9,14-16H2,1,3-6H3,(H2,28,32)(H,29,33)(H,30,35). The zero-order valence-corrected chi connectivity index (χ0v) is 21.8. The van der Waals surface area contributed by atoms with E-state index in [2.05, 4.69) is 16.6 Å². The van der Waals surface area contributed by atoms with Crippen molar-refractivity contribution in [2.45, 2.75) is 84.0 Å². The van der Waals surface area contributed by atoms with Gasteiger partial charge >= 0.3 is 6.09 Å². The van der Waals surface area contributed by atoms with Gasteiger partial charge in [0.05, 0.1) is 6.42 Å². The van der Waals surface area contributed by atoms with E-state index in [4.69, 9.17) is 16.9 Å². The molecule has 0 bridgehead atoms. The van der Waals surface area contributed by atoms with E-state index in [9.17, 15) is 19.2 Å². The molecule has 0 aromatic heterocycles. The van der Waals surface area contributed by atoms with Gasteiger partial charge in [-0.1, -0.05) is 44.4 Å². The van der Waals surface area contributed by atoms with Crippen LogP contribution in [0.2, 0.25) is 0 Å². The second-order valence-corrected chi connectivity index (χ2v) is 10.2. The first-order valence-electron chi connectivity index (χ1n) is 12.3. The summed E-state index contributed by atoms with van der Waals surface area (Å²) in [7, 11) is 0. The van der Waals surface area contributed by atoms with E-state index in [1.165, 1.54) is 4.90 Å². The van der Waals surface area contributed by atoms with E-state index in [0.717, 1.165) is 12.8 Å². The molecule has 4 amide bonds. The van der Waals surface area contributed by atoms with E-state index < -0.39 is 42.0 Å². The third-order valence-corrected chi connectivity index (χ3v) is 5.84. The molecule has 1 saturated carbocycles. The Hall–Kier alpha value is -3.54. The van der Waals surface area contributed by atoms with Crippen LogP contribution in [0.15, 0.2) is 24.3 Å². The first-order chi connectivity index (χ1) is 16.9. The fraction of sp³-hybridized carbons (Fsp3) is 0.556. The lowest BCUT2D eigenvalue weighted by molar-refractivity contribution is -0.144. The summed E-state index contributed by atoms with van der Waals surface area (Å²) in [6.45, 7) is 9.46. The van der Waals surface area contributed by atoms with Crippen molar-refractivity contribution in [1.82, 2.24) is 15.5 Å². The number of carbonyl (C=O) groups excluding carboxylic acids is 4. The largest absolute Gasteiger partial charge is 0.444 e. The molecule has 1 aromatic carbocycles. The number of amides is 4. The van der Waals surface area contributed by atoms with E-state index in [1.54, 1.807) is 45.0 Å². The Balaban J connectivity index is 2.52. The number of nitrogens with zero attached hydrogens (tertiary/aromatic N) is 1. The van der Waals surface area contributed by atoms with Gasteiger partial charge in [0, 0.05) is 18.2 Å². The second kappa shape index (κ2) is 12.4. The lowest BCUT2D eigenvalue weighted by Gasteiger charge is -2.35. The van der Waals surface area contributed by atoms with Crippen molar-refractivity contribution in [1.29, 1.82) is 0 Å². The first kappa shape index (κ1) is 28.7. The SMILES string of the molecule is C#Cc1ccccc1C(C(=O)NCCCC)N(C(=O)C(CC(N)=O)NC(=O)OC(C)(C)C)C1CC1C. The fourth-order valence-electron chi connectivity index (χ4n) is 3.97. The lowest BCUT2D eigenvalue weighted by Crippen LogP contribution is -2.55. The minimum Gasteiger partial charge on any atom is -0.444 e. The van der Waals surface area contributed by atoms with Crippen molar-refractivity contribution in [3.63, 3.8) is 0 Å². The van der Waals surface area contributed by atoms with Gasteiger partial charge in [0.25, 0.3) is 0 Å². The van der Waals surface area contributed by atoms with Gasteiger partial charge < -0.3 is 26.0 Å². The maximum atomic E-state index is 14.0. The molecule has 196 valence electrons. The Labute approximate surface area is 213 Å². The number of nitrogens with two attached hydrogens (primary N) is 1. The number of benzene rings is 1. The van der Waals surface area contributed by atoms with Crippen LogP contribution >= 0.6 is 0 Å². The number of carbonyl (C=O) groups is 4. The summed E-state index contributed by atoms with van der Waals surface area (Å²) >= 11 is 0.